The molecule has 11 heteroatoms. The number of nitrogens with one attached hydrogen (secondary N) is 2. The van der Waals surface area contributed by atoms with Gasteiger partial charge in [0.25, 0.3) is 0 Å². The zero-order chi connectivity index (χ0) is 34.2. The van der Waals surface area contributed by atoms with Gasteiger partial charge in [-0.15, -0.1) is 11.8 Å². The van der Waals surface area contributed by atoms with Gasteiger partial charge >= 0.3 is 0 Å². The van der Waals surface area contributed by atoms with Crippen LogP contribution in [-0.2, 0) is 20.7 Å². The van der Waals surface area contributed by atoms with Crippen molar-refractivity contribution in [2.24, 2.45) is 11.8 Å². The average Bonchev–Trinajstić information content (AvgIpc) is 3.33. The van der Waals surface area contributed by atoms with Crippen LogP contribution in [0.1, 0.15) is 82.6 Å². The Hall–Kier alpha value is -1.97. The summed E-state index contributed by atoms with van der Waals surface area (Å²) in [5, 5.41) is 18.6. The molecule has 2 saturated carbocycles. The first kappa shape index (κ1) is 35.4. The van der Waals surface area contributed by atoms with Crippen molar-refractivity contribution in [2.75, 3.05) is 39.8 Å². The summed E-state index contributed by atoms with van der Waals surface area (Å²) in [6.07, 6.45) is 13.9. The van der Waals surface area contributed by atoms with Crippen LogP contribution in [0.3, 0.4) is 0 Å². The van der Waals surface area contributed by atoms with E-state index in [1.54, 1.807) is 16.7 Å². The first-order chi connectivity index (χ1) is 23.8. The number of likely N-dealkylation sites (tertiary alicyclic amines) is 1. The number of amides is 1. The number of carbonyl (C=O) groups is 2. The molecule has 6 aliphatic rings. The SMILES string of the molecule is C=CC(=O)N1CCN(C2NC(OCC3CCCN3C)(C3CCCCCC3)NC3C(=O)[C@]4(CCc5cccc(Cl)c5S4)CCC32)CC1CC#N. The molecule has 0 bridgehead atoms. The molecule has 7 rings (SSSR count). The number of thioether (sulfide) groups is 1. The third-order valence-electron chi connectivity index (χ3n) is 12.6. The second kappa shape index (κ2) is 14.9. The Labute approximate surface area is 301 Å². The number of halogens is 1. The lowest BCUT2D eigenvalue weighted by atomic mass is 9.70. The summed E-state index contributed by atoms with van der Waals surface area (Å²) in [4.78, 5) is 35.8. The molecule has 6 unspecified atom stereocenters. The Morgan fingerprint density at radius 2 is 1.92 bits per heavy atom. The summed E-state index contributed by atoms with van der Waals surface area (Å²) in [5.41, 5.74) is 1.24. The number of piperazine rings is 1. The van der Waals surface area contributed by atoms with Crippen LogP contribution < -0.4 is 10.6 Å². The molecule has 1 aromatic rings. The number of carbonyl (C=O) groups excluding carboxylic acids is 2. The van der Waals surface area contributed by atoms with Crippen molar-refractivity contribution in [2.45, 2.75) is 123 Å². The Balaban J connectivity index is 1.25. The monoisotopic (exact) mass is 708 g/mol. The topological polar surface area (TPSA) is 101 Å². The second-order valence-electron chi connectivity index (χ2n) is 15.4. The summed E-state index contributed by atoms with van der Waals surface area (Å²) in [5.74, 6) is -0.479. The van der Waals surface area contributed by atoms with Crippen LogP contribution in [-0.4, -0.2) is 101 Å². The minimum Gasteiger partial charge on any atom is -0.345 e. The highest BCUT2D eigenvalue weighted by Gasteiger charge is 2.60. The highest BCUT2D eigenvalue weighted by Crippen LogP contribution is 2.54. The summed E-state index contributed by atoms with van der Waals surface area (Å²) in [6.45, 7) is 7.15. The van der Waals surface area contributed by atoms with Crippen molar-refractivity contribution in [3.05, 3.63) is 41.4 Å². The highest BCUT2D eigenvalue weighted by atomic mass is 35.5. The Kier molecular flexibility index (Phi) is 10.8. The lowest BCUT2D eigenvalue weighted by Gasteiger charge is -2.59. The van der Waals surface area contributed by atoms with Gasteiger partial charge in [0, 0.05) is 42.4 Å². The van der Waals surface area contributed by atoms with E-state index >= 15 is 4.79 Å². The number of nitriles is 1. The number of aryl methyl sites for hydroxylation is 1. The lowest BCUT2D eigenvalue weighted by Crippen LogP contribution is -2.81. The fourth-order valence-corrected chi connectivity index (χ4v) is 11.6. The molecule has 1 amide bonds. The normalized spacial score (nSPS) is 36.1. The quantitative estimate of drug-likeness (QED) is 0.288. The van der Waals surface area contributed by atoms with Crippen molar-refractivity contribution >= 4 is 35.1 Å². The van der Waals surface area contributed by atoms with E-state index in [9.17, 15) is 10.1 Å². The molecular weight excluding hydrogens is 656 g/mol. The number of Topliss-reactive ketones (excluding diaryl/α,β-unsaturated/α-hetero) is 1. The molecule has 4 aliphatic heterocycles. The fourth-order valence-electron chi connectivity index (χ4n) is 9.80. The van der Waals surface area contributed by atoms with Crippen molar-refractivity contribution in [1.82, 2.24) is 25.3 Å². The third kappa shape index (κ3) is 6.86. The largest absolute Gasteiger partial charge is 0.345 e. The number of rotatable bonds is 7. The predicted octanol–water partition coefficient (Wildman–Crippen LogP) is 5.33. The van der Waals surface area contributed by atoms with Gasteiger partial charge < -0.3 is 14.5 Å². The molecule has 9 nitrogen and oxygen atoms in total. The van der Waals surface area contributed by atoms with E-state index in [1.165, 1.54) is 30.9 Å². The Bertz CT molecular complexity index is 1450. The maximum atomic E-state index is 15.2. The number of hydrogen-bond donors (Lipinski definition) is 2. The standard InChI is InChI=1S/C38H53ClN6O3S/c1-3-32(46)45-23-22-44(24-28(45)17-20-40)36-30-16-19-37(18-15-26-10-8-14-31(39)34(26)49-37)35(47)33(30)41-38(42-36,27-11-6-4-5-7-12-27)48-25-29-13-9-21-43(29)2/h3,8,10,14,27-30,33,36,41-42H,1,4-7,9,11-13,15-19,21-25H2,2H3/t28?,29?,30?,33?,36?,37-,38?/m0/s1. The minimum atomic E-state index is -0.860. The molecule has 49 heavy (non-hydrogen) atoms. The van der Waals surface area contributed by atoms with Gasteiger partial charge in [-0.05, 0) is 82.7 Å². The molecule has 2 aliphatic carbocycles. The van der Waals surface area contributed by atoms with Crippen LogP contribution >= 0.6 is 23.4 Å². The van der Waals surface area contributed by atoms with Gasteiger partial charge in [-0.1, -0.05) is 56.0 Å². The number of hydrogen-bond acceptors (Lipinski definition) is 9. The van der Waals surface area contributed by atoms with E-state index in [0.717, 1.165) is 74.3 Å². The highest BCUT2D eigenvalue weighted by molar-refractivity contribution is 8.01. The molecule has 5 fully saturated rings. The summed E-state index contributed by atoms with van der Waals surface area (Å²) < 4.78 is 6.71. The zero-order valence-electron chi connectivity index (χ0n) is 29.0. The van der Waals surface area contributed by atoms with Crippen LogP contribution in [0.2, 0.25) is 5.02 Å². The molecule has 0 radical (unpaired) electrons. The van der Waals surface area contributed by atoms with Crippen LogP contribution in [0.5, 0.6) is 0 Å². The van der Waals surface area contributed by atoms with E-state index in [2.05, 4.69) is 46.2 Å². The van der Waals surface area contributed by atoms with E-state index in [-0.39, 0.29) is 48.2 Å². The molecule has 1 spiro atoms. The van der Waals surface area contributed by atoms with Crippen LogP contribution in [0.4, 0.5) is 0 Å². The minimum absolute atomic E-state index is 0.0208. The van der Waals surface area contributed by atoms with Crippen LogP contribution in [0, 0.1) is 23.2 Å². The van der Waals surface area contributed by atoms with Gasteiger partial charge in [0.2, 0.25) is 5.91 Å². The van der Waals surface area contributed by atoms with Crippen LogP contribution in [0.25, 0.3) is 0 Å². The van der Waals surface area contributed by atoms with Crippen molar-refractivity contribution in [3.63, 3.8) is 0 Å². The summed E-state index contributed by atoms with van der Waals surface area (Å²) in [6, 6.07) is 8.16. The van der Waals surface area contributed by atoms with Gasteiger partial charge in [0.1, 0.15) is 0 Å². The lowest BCUT2D eigenvalue weighted by molar-refractivity contribution is -0.205. The van der Waals surface area contributed by atoms with Gasteiger partial charge in [-0.2, -0.15) is 5.26 Å². The fraction of sp³-hybridized carbons (Fsp3) is 0.711. The predicted molar refractivity (Wildman–Crippen MR) is 193 cm³/mol. The number of benzene rings is 1. The van der Waals surface area contributed by atoms with E-state index < -0.39 is 10.6 Å². The first-order valence-electron chi connectivity index (χ1n) is 18.7. The maximum absolute atomic E-state index is 15.2. The van der Waals surface area contributed by atoms with E-state index in [1.807, 2.05) is 12.1 Å². The van der Waals surface area contributed by atoms with Crippen molar-refractivity contribution < 1.29 is 14.3 Å². The number of ether oxygens (including phenoxy) is 1. The smallest absolute Gasteiger partial charge is 0.246 e. The molecule has 0 aromatic heterocycles. The molecule has 1 aromatic carbocycles. The molecule has 7 atom stereocenters. The van der Waals surface area contributed by atoms with Gasteiger partial charge in [-0.25, -0.2) is 0 Å². The van der Waals surface area contributed by atoms with Gasteiger partial charge in [0.05, 0.1) is 47.1 Å². The van der Waals surface area contributed by atoms with E-state index in [4.69, 9.17) is 16.3 Å². The van der Waals surface area contributed by atoms with Gasteiger partial charge in [0.15, 0.2) is 11.6 Å². The average molecular weight is 709 g/mol. The summed E-state index contributed by atoms with van der Waals surface area (Å²) >= 11 is 8.47. The molecule has 266 valence electrons. The van der Waals surface area contributed by atoms with Crippen molar-refractivity contribution in [1.29, 1.82) is 5.26 Å². The second-order valence-corrected chi connectivity index (χ2v) is 17.2. The molecular formula is C38H53ClN6O3S. The van der Waals surface area contributed by atoms with Gasteiger partial charge in [-0.3, -0.25) is 25.1 Å². The number of nitrogens with zero attached hydrogens (tertiary/aromatic N) is 4. The molecule has 4 heterocycles. The number of ketones is 1. The van der Waals surface area contributed by atoms with E-state index in [0.29, 0.717) is 32.3 Å². The Morgan fingerprint density at radius 3 is 2.65 bits per heavy atom. The third-order valence-corrected chi connectivity index (χ3v) is 14.7. The maximum Gasteiger partial charge on any atom is 0.246 e. The number of likely N-dealkylation sites (N-methyl/N-ethyl adjacent to an activating group) is 1. The van der Waals surface area contributed by atoms with Crippen LogP contribution in [0.15, 0.2) is 35.7 Å². The zero-order valence-corrected chi connectivity index (χ0v) is 30.6. The molecule has 2 N–H and O–H groups in total. The first-order valence-corrected chi connectivity index (χ1v) is 19.9. The molecule has 3 saturated heterocycles. The van der Waals surface area contributed by atoms with Crippen molar-refractivity contribution in [3.8, 4) is 6.07 Å². The summed E-state index contributed by atoms with van der Waals surface area (Å²) in [7, 11) is 2.19. The Morgan fingerprint density at radius 1 is 1.10 bits per heavy atom. The number of fused-ring (bicyclic) bond motifs is 2.